The lowest BCUT2D eigenvalue weighted by molar-refractivity contribution is -0.182. The van der Waals surface area contributed by atoms with E-state index in [2.05, 4.69) is 11.9 Å². The van der Waals surface area contributed by atoms with Crippen molar-refractivity contribution in [3.05, 3.63) is 0 Å². The van der Waals surface area contributed by atoms with Gasteiger partial charge < -0.3 is 0 Å². The Morgan fingerprint density at radius 1 is 1.00 bits per heavy atom. The molecule has 0 N–H and O–H groups in total. The Hall–Kier alpha value is 0.0600. The summed E-state index contributed by atoms with van der Waals surface area (Å²) < 4.78 is 39.9. The van der Waals surface area contributed by atoms with Gasteiger partial charge in [0.25, 0.3) is 0 Å². The van der Waals surface area contributed by atoms with Crippen molar-refractivity contribution >= 4 is 28.4 Å². The molecule has 5 aliphatic rings. The third kappa shape index (κ3) is 3.88. The molecule has 7 atom stereocenters. The highest BCUT2D eigenvalue weighted by molar-refractivity contribution is 8.14. The van der Waals surface area contributed by atoms with Crippen molar-refractivity contribution in [1.82, 2.24) is 4.90 Å². The van der Waals surface area contributed by atoms with Crippen LogP contribution in [0, 0.1) is 23.7 Å². The Morgan fingerprint density at radius 2 is 1.76 bits per heavy atom. The Kier molecular flexibility index (Phi) is 5.69. The molecule has 2 nitrogen and oxygen atoms in total. The van der Waals surface area contributed by atoms with Crippen LogP contribution in [0.5, 0.6) is 0 Å². The molecule has 2 saturated carbocycles. The van der Waals surface area contributed by atoms with Gasteiger partial charge in [0.15, 0.2) is 0 Å². The maximum Gasteiger partial charge on any atom is 0.391 e. The fraction of sp³-hybridized carbons (Fsp3) is 0.955. The minimum Gasteiger partial charge on any atom is -0.300 e. The number of hydrogen-bond acceptors (Lipinski definition) is 3. The van der Waals surface area contributed by atoms with Crippen LogP contribution in [0.25, 0.3) is 0 Å². The first-order valence-electron chi connectivity index (χ1n) is 11.5. The van der Waals surface area contributed by atoms with E-state index >= 15 is 0 Å². The van der Waals surface area contributed by atoms with E-state index < -0.39 is 12.1 Å². The van der Waals surface area contributed by atoms with Crippen LogP contribution in [0.15, 0.2) is 4.99 Å². The summed E-state index contributed by atoms with van der Waals surface area (Å²) in [5.41, 5.74) is 0. The molecule has 2 saturated heterocycles. The standard InChI is InChI=1S/C22H32ClF3N2S/c1-28-15-7-8-18(28)20(16(11-15)12-2-5-14(23)6-3-12)21-27-17-10-13(22(24,25)26)4-9-19(17)29-21/h12-20H,2-11H2,1H3/t12?,13?,14?,15-,16-,17?,18?,19?,20+/m1/s1. The molecule has 4 fully saturated rings. The Balaban J connectivity index is 1.38. The molecule has 0 amide bonds. The maximum atomic E-state index is 13.3. The number of fused-ring (bicyclic) bond motifs is 3. The second-order valence-electron chi connectivity index (χ2n) is 10.1. The van der Waals surface area contributed by atoms with Gasteiger partial charge in [-0.25, -0.2) is 0 Å². The summed E-state index contributed by atoms with van der Waals surface area (Å²) in [6.45, 7) is 0. The summed E-state index contributed by atoms with van der Waals surface area (Å²) in [5.74, 6) is 0.612. The van der Waals surface area contributed by atoms with E-state index in [0.717, 1.165) is 12.8 Å². The van der Waals surface area contributed by atoms with Crippen LogP contribution in [0.3, 0.4) is 0 Å². The van der Waals surface area contributed by atoms with Gasteiger partial charge in [-0.05, 0) is 83.1 Å². The van der Waals surface area contributed by atoms with Crippen molar-refractivity contribution in [2.75, 3.05) is 7.05 Å². The molecule has 0 aromatic heterocycles. The molecule has 3 heterocycles. The minimum atomic E-state index is -4.07. The van der Waals surface area contributed by atoms with E-state index in [1.54, 1.807) is 0 Å². The lowest BCUT2D eigenvalue weighted by Crippen LogP contribution is -2.51. The average molecular weight is 449 g/mol. The predicted octanol–water partition coefficient (Wildman–Crippen LogP) is 6.13. The lowest BCUT2D eigenvalue weighted by atomic mass is 9.68. The van der Waals surface area contributed by atoms with Gasteiger partial charge >= 0.3 is 6.18 Å². The first kappa shape index (κ1) is 20.9. The molecule has 29 heavy (non-hydrogen) atoms. The molecule has 7 heteroatoms. The van der Waals surface area contributed by atoms with Crippen LogP contribution < -0.4 is 0 Å². The quantitative estimate of drug-likeness (QED) is 0.472. The number of aliphatic imine (C=N–C) groups is 1. The summed E-state index contributed by atoms with van der Waals surface area (Å²) in [5, 5.41) is 1.80. The normalized spacial score (nSPS) is 48.4. The summed E-state index contributed by atoms with van der Waals surface area (Å²) >= 11 is 8.23. The Bertz CT molecular complexity index is 648. The summed E-state index contributed by atoms with van der Waals surface area (Å²) in [6.07, 6.45) is 5.41. The number of hydrogen-bond donors (Lipinski definition) is 0. The number of piperidine rings is 1. The van der Waals surface area contributed by atoms with Gasteiger partial charge in [0, 0.05) is 28.6 Å². The van der Waals surface area contributed by atoms with Gasteiger partial charge in [-0.2, -0.15) is 13.2 Å². The summed E-state index contributed by atoms with van der Waals surface area (Å²) in [6, 6.07) is 1.08. The van der Waals surface area contributed by atoms with Gasteiger partial charge in [0.1, 0.15) is 0 Å². The van der Waals surface area contributed by atoms with Gasteiger partial charge in [0.2, 0.25) is 0 Å². The molecule has 3 aliphatic heterocycles. The number of halogens is 4. The maximum absolute atomic E-state index is 13.3. The SMILES string of the molecule is CN1C2CC[C@@H]1C[C@H](C1CCC(Cl)CC1)[C@@H]2C1=NC2CC(C(F)(F)F)CCC2S1. The second-order valence-corrected chi connectivity index (χ2v) is 12.0. The van der Waals surface area contributed by atoms with Crippen LogP contribution in [0.4, 0.5) is 13.2 Å². The van der Waals surface area contributed by atoms with E-state index in [1.807, 2.05) is 11.8 Å². The van der Waals surface area contributed by atoms with Crippen LogP contribution in [-0.2, 0) is 0 Å². The molecule has 164 valence electrons. The topological polar surface area (TPSA) is 15.6 Å². The van der Waals surface area contributed by atoms with E-state index in [0.29, 0.717) is 41.6 Å². The molecule has 4 unspecified atom stereocenters. The van der Waals surface area contributed by atoms with Gasteiger partial charge in [-0.1, -0.05) is 0 Å². The molecule has 0 aromatic rings. The minimum absolute atomic E-state index is 0.126. The smallest absolute Gasteiger partial charge is 0.300 e. The monoisotopic (exact) mass is 448 g/mol. The Morgan fingerprint density at radius 3 is 2.48 bits per heavy atom. The van der Waals surface area contributed by atoms with Crippen molar-refractivity contribution in [1.29, 1.82) is 0 Å². The molecule has 0 aromatic carbocycles. The fourth-order valence-corrected chi connectivity index (χ4v) is 8.88. The Labute approximate surface area is 181 Å². The van der Waals surface area contributed by atoms with Crippen LogP contribution in [-0.4, -0.2) is 51.9 Å². The summed E-state index contributed by atoms with van der Waals surface area (Å²) in [7, 11) is 2.26. The van der Waals surface area contributed by atoms with Crippen molar-refractivity contribution in [3.63, 3.8) is 0 Å². The number of thioether (sulfide) groups is 1. The van der Waals surface area contributed by atoms with Crippen molar-refractivity contribution in [2.24, 2.45) is 28.7 Å². The van der Waals surface area contributed by atoms with Gasteiger partial charge in [-0.15, -0.1) is 23.4 Å². The van der Waals surface area contributed by atoms with Crippen LogP contribution in [0.2, 0.25) is 0 Å². The fourth-order valence-electron chi connectivity index (χ4n) is 7.05. The van der Waals surface area contributed by atoms with Crippen LogP contribution in [0.1, 0.15) is 64.2 Å². The second kappa shape index (κ2) is 7.88. The zero-order valence-corrected chi connectivity index (χ0v) is 18.7. The highest BCUT2D eigenvalue weighted by Crippen LogP contribution is 2.53. The van der Waals surface area contributed by atoms with E-state index in [9.17, 15) is 13.2 Å². The molecule has 5 rings (SSSR count). The molecule has 2 aliphatic carbocycles. The molecular formula is C22H32ClF3N2S. The molecule has 0 spiro atoms. The number of nitrogens with zero attached hydrogens (tertiary/aromatic N) is 2. The van der Waals surface area contributed by atoms with E-state index in [-0.39, 0.29) is 24.1 Å². The third-order valence-corrected chi connectivity index (χ3v) is 10.6. The van der Waals surface area contributed by atoms with Gasteiger partial charge in [-0.3, -0.25) is 9.89 Å². The van der Waals surface area contributed by atoms with Crippen LogP contribution >= 0.6 is 23.4 Å². The molecular weight excluding hydrogens is 417 g/mol. The first-order chi connectivity index (χ1) is 13.8. The van der Waals surface area contributed by atoms with Crippen molar-refractivity contribution in [2.45, 2.75) is 99.1 Å². The molecule has 0 radical (unpaired) electrons. The van der Waals surface area contributed by atoms with Gasteiger partial charge in [0.05, 0.1) is 17.0 Å². The zero-order valence-electron chi connectivity index (χ0n) is 17.1. The highest BCUT2D eigenvalue weighted by Gasteiger charge is 2.53. The average Bonchev–Trinajstić information content (AvgIpc) is 3.19. The largest absolute Gasteiger partial charge is 0.391 e. The number of rotatable bonds is 2. The zero-order chi connectivity index (χ0) is 20.3. The number of alkyl halides is 4. The first-order valence-corrected chi connectivity index (χ1v) is 12.8. The highest BCUT2D eigenvalue weighted by atomic mass is 35.5. The third-order valence-electron chi connectivity index (χ3n) is 8.69. The van der Waals surface area contributed by atoms with E-state index in [4.69, 9.17) is 16.6 Å². The van der Waals surface area contributed by atoms with E-state index in [1.165, 1.54) is 37.1 Å². The van der Waals surface area contributed by atoms with Crippen molar-refractivity contribution in [3.8, 4) is 0 Å². The summed E-state index contributed by atoms with van der Waals surface area (Å²) in [4.78, 5) is 7.60. The molecule has 2 bridgehead atoms. The lowest BCUT2D eigenvalue weighted by Gasteiger charge is -2.47. The predicted molar refractivity (Wildman–Crippen MR) is 114 cm³/mol. The van der Waals surface area contributed by atoms with Crippen molar-refractivity contribution < 1.29 is 13.2 Å².